The quantitative estimate of drug-likeness (QED) is 0.593. The van der Waals surface area contributed by atoms with Crippen molar-refractivity contribution in [2.75, 3.05) is 24.3 Å². The highest BCUT2D eigenvalue weighted by Crippen LogP contribution is 2.25. The predicted octanol–water partition coefficient (Wildman–Crippen LogP) is 2.82. The summed E-state index contributed by atoms with van der Waals surface area (Å²) in [6, 6.07) is 18.9. The first kappa shape index (κ1) is 20.6. The first-order valence-corrected chi connectivity index (χ1v) is 10.2. The normalized spacial score (nSPS) is 18.4. The van der Waals surface area contributed by atoms with E-state index in [1.54, 1.807) is 16.8 Å². The molecule has 8 nitrogen and oxygen atoms in total. The summed E-state index contributed by atoms with van der Waals surface area (Å²) in [7, 11) is 3.90. The highest BCUT2D eigenvalue weighted by molar-refractivity contribution is 6.04. The number of rotatable bonds is 5. The van der Waals surface area contributed by atoms with E-state index in [1.807, 2.05) is 74.4 Å². The summed E-state index contributed by atoms with van der Waals surface area (Å²) in [5.41, 5.74) is 3.17. The molecule has 0 aliphatic carbocycles. The zero-order valence-electron chi connectivity index (χ0n) is 17.8. The number of hydrogen-bond donors (Lipinski definition) is 3. The van der Waals surface area contributed by atoms with Crippen LogP contribution in [0.2, 0.25) is 0 Å². The van der Waals surface area contributed by atoms with Crippen molar-refractivity contribution < 1.29 is 9.59 Å². The number of hydrogen-bond acceptors (Lipinski definition) is 5. The second-order valence-electron chi connectivity index (χ2n) is 7.86. The Morgan fingerprint density at radius 2 is 1.84 bits per heavy atom. The van der Waals surface area contributed by atoms with Crippen LogP contribution in [-0.4, -0.2) is 41.7 Å². The third-order valence-electron chi connectivity index (χ3n) is 5.17. The summed E-state index contributed by atoms with van der Waals surface area (Å²) in [5, 5.41) is 13.8. The van der Waals surface area contributed by atoms with Gasteiger partial charge >= 0.3 is 0 Å². The lowest BCUT2D eigenvalue weighted by atomic mass is 10.1. The highest BCUT2D eigenvalue weighted by Gasteiger charge is 2.27. The minimum absolute atomic E-state index is 0.00902. The van der Waals surface area contributed by atoms with E-state index < -0.39 is 6.29 Å². The number of nitrogens with one attached hydrogen (secondary N) is 3. The summed E-state index contributed by atoms with van der Waals surface area (Å²) in [6.45, 7) is 1.94. The number of carbonyl (C=O) groups is 2. The fourth-order valence-corrected chi connectivity index (χ4v) is 3.53. The molecular weight excluding hydrogens is 392 g/mol. The lowest BCUT2D eigenvalue weighted by molar-refractivity contribution is -0.125. The van der Waals surface area contributed by atoms with Gasteiger partial charge in [-0.25, -0.2) is 4.68 Å². The number of nitrogens with zero attached hydrogens (tertiary/aromatic N) is 3. The van der Waals surface area contributed by atoms with Crippen LogP contribution in [0.5, 0.6) is 0 Å². The van der Waals surface area contributed by atoms with Crippen LogP contribution in [0.4, 0.5) is 11.5 Å². The number of carbonyl (C=O) groups excluding carboxylic acids is 2. The van der Waals surface area contributed by atoms with E-state index in [1.165, 1.54) is 0 Å². The lowest BCUT2D eigenvalue weighted by Gasteiger charge is -2.30. The first-order valence-electron chi connectivity index (χ1n) is 10.2. The topological polar surface area (TPSA) is 91.3 Å². The maximum atomic E-state index is 12.9. The molecule has 3 aromatic rings. The molecular formula is C23H26N6O2. The summed E-state index contributed by atoms with van der Waals surface area (Å²) >= 11 is 0. The molecule has 2 heterocycles. The van der Waals surface area contributed by atoms with Gasteiger partial charge in [-0.2, -0.15) is 5.10 Å². The standard InChI is InChI=1S/C23H26N6O2/c1-15-13-21(30)26-23(24-15)29-20(14-19(27-29)16-7-5-4-6-8-16)25-22(31)17-9-11-18(12-10-17)28(2)3/h4-12,14-15,23-24H,13H2,1-3H3,(H,25,31)(H,26,30). The minimum Gasteiger partial charge on any atom is -0.378 e. The molecule has 0 radical (unpaired) electrons. The van der Waals surface area contributed by atoms with Gasteiger partial charge in [0, 0.05) is 49.4 Å². The van der Waals surface area contributed by atoms with Crippen molar-refractivity contribution in [3.63, 3.8) is 0 Å². The summed E-state index contributed by atoms with van der Waals surface area (Å²) in [5.74, 6) is 0.179. The molecule has 160 valence electrons. The molecule has 4 rings (SSSR count). The number of amides is 2. The fourth-order valence-electron chi connectivity index (χ4n) is 3.53. The van der Waals surface area contributed by atoms with Crippen molar-refractivity contribution in [1.29, 1.82) is 0 Å². The van der Waals surface area contributed by atoms with Crippen LogP contribution in [-0.2, 0) is 4.79 Å². The van der Waals surface area contributed by atoms with Crippen LogP contribution in [0, 0.1) is 0 Å². The van der Waals surface area contributed by atoms with Crippen LogP contribution in [0.1, 0.15) is 30.0 Å². The minimum atomic E-state index is -0.555. The third-order valence-corrected chi connectivity index (χ3v) is 5.17. The van der Waals surface area contributed by atoms with Crippen LogP contribution in [0.25, 0.3) is 11.3 Å². The van der Waals surface area contributed by atoms with Crippen LogP contribution >= 0.6 is 0 Å². The van der Waals surface area contributed by atoms with Crippen LogP contribution in [0.3, 0.4) is 0 Å². The van der Waals surface area contributed by atoms with E-state index in [4.69, 9.17) is 0 Å². The molecule has 1 aliphatic heterocycles. The van der Waals surface area contributed by atoms with E-state index in [-0.39, 0.29) is 17.9 Å². The second kappa shape index (κ2) is 8.61. The SMILES string of the molecule is CC1CC(=O)NC(n2nc(-c3ccccc3)cc2NC(=O)c2ccc(N(C)C)cc2)N1. The molecule has 31 heavy (non-hydrogen) atoms. The Morgan fingerprint density at radius 3 is 2.48 bits per heavy atom. The molecule has 1 fully saturated rings. The molecule has 0 bridgehead atoms. The lowest BCUT2D eigenvalue weighted by Crippen LogP contribution is -2.52. The van der Waals surface area contributed by atoms with E-state index in [9.17, 15) is 9.59 Å². The smallest absolute Gasteiger partial charge is 0.256 e. The van der Waals surface area contributed by atoms with E-state index >= 15 is 0 Å². The molecule has 8 heteroatoms. The van der Waals surface area contributed by atoms with Crippen LogP contribution < -0.4 is 20.9 Å². The summed E-state index contributed by atoms with van der Waals surface area (Å²) in [6.07, 6.45) is -0.163. The Kier molecular flexibility index (Phi) is 5.73. The Labute approximate surface area is 181 Å². The molecule has 1 aliphatic rings. The molecule has 2 atom stereocenters. The Hall–Kier alpha value is -3.65. The maximum absolute atomic E-state index is 12.9. The summed E-state index contributed by atoms with van der Waals surface area (Å²) < 4.78 is 1.61. The van der Waals surface area contributed by atoms with Crippen molar-refractivity contribution in [2.24, 2.45) is 0 Å². The molecule has 2 unspecified atom stereocenters. The van der Waals surface area contributed by atoms with Crippen LogP contribution in [0.15, 0.2) is 60.7 Å². The van der Waals surface area contributed by atoms with Gasteiger partial charge in [0.25, 0.3) is 5.91 Å². The Bertz CT molecular complexity index is 1080. The monoisotopic (exact) mass is 418 g/mol. The molecule has 1 saturated heterocycles. The first-order chi connectivity index (χ1) is 14.9. The van der Waals surface area contributed by atoms with Gasteiger partial charge in [0.05, 0.1) is 5.69 Å². The molecule has 0 saturated carbocycles. The van der Waals surface area contributed by atoms with Crippen molar-refractivity contribution in [2.45, 2.75) is 25.7 Å². The Balaban J connectivity index is 1.65. The van der Waals surface area contributed by atoms with Gasteiger partial charge in [0.2, 0.25) is 5.91 Å². The van der Waals surface area contributed by atoms with E-state index in [2.05, 4.69) is 21.0 Å². The van der Waals surface area contributed by atoms with Gasteiger partial charge in [-0.3, -0.25) is 14.9 Å². The number of benzene rings is 2. The average Bonchev–Trinajstić information content (AvgIpc) is 3.17. The van der Waals surface area contributed by atoms with Gasteiger partial charge in [0.15, 0.2) is 6.29 Å². The highest BCUT2D eigenvalue weighted by atomic mass is 16.2. The Morgan fingerprint density at radius 1 is 1.13 bits per heavy atom. The van der Waals surface area contributed by atoms with Gasteiger partial charge < -0.3 is 15.5 Å². The largest absolute Gasteiger partial charge is 0.378 e. The zero-order chi connectivity index (χ0) is 22.0. The summed E-state index contributed by atoms with van der Waals surface area (Å²) in [4.78, 5) is 27.0. The molecule has 0 spiro atoms. The maximum Gasteiger partial charge on any atom is 0.256 e. The van der Waals surface area contributed by atoms with Gasteiger partial charge in [0.1, 0.15) is 5.82 Å². The van der Waals surface area contributed by atoms with E-state index in [0.29, 0.717) is 23.5 Å². The molecule has 1 aromatic heterocycles. The van der Waals surface area contributed by atoms with Crippen molar-refractivity contribution >= 4 is 23.3 Å². The van der Waals surface area contributed by atoms with Crippen molar-refractivity contribution in [1.82, 2.24) is 20.4 Å². The van der Waals surface area contributed by atoms with Gasteiger partial charge in [-0.1, -0.05) is 30.3 Å². The third kappa shape index (κ3) is 4.59. The predicted molar refractivity (Wildman–Crippen MR) is 121 cm³/mol. The fraction of sp³-hybridized carbons (Fsp3) is 0.261. The number of anilines is 2. The van der Waals surface area contributed by atoms with Crippen molar-refractivity contribution in [3.05, 3.63) is 66.2 Å². The second-order valence-corrected chi connectivity index (χ2v) is 7.86. The molecule has 2 amide bonds. The van der Waals surface area contributed by atoms with Crippen molar-refractivity contribution in [3.8, 4) is 11.3 Å². The zero-order valence-corrected chi connectivity index (χ0v) is 17.8. The average molecular weight is 419 g/mol. The van der Waals surface area contributed by atoms with E-state index in [0.717, 1.165) is 11.3 Å². The van der Waals surface area contributed by atoms with Gasteiger partial charge in [-0.05, 0) is 31.2 Å². The molecule has 2 aromatic carbocycles. The number of aromatic nitrogens is 2. The van der Waals surface area contributed by atoms with Gasteiger partial charge in [-0.15, -0.1) is 0 Å². The molecule has 3 N–H and O–H groups in total.